The van der Waals surface area contributed by atoms with Crippen molar-refractivity contribution in [3.8, 4) is 11.5 Å². The first-order chi connectivity index (χ1) is 16.8. The van der Waals surface area contributed by atoms with Crippen LogP contribution in [-0.2, 0) is 16.0 Å². The van der Waals surface area contributed by atoms with Gasteiger partial charge in [-0.15, -0.1) is 0 Å². The lowest BCUT2D eigenvalue weighted by atomic mass is 9.94. The lowest BCUT2D eigenvalue weighted by Crippen LogP contribution is -2.31. The number of carbonyl (C=O) groups is 2. The van der Waals surface area contributed by atoms with Crippen molar-refractivity contribution in [2.45, 2.75) is 19.4 Å². The topological polar surface area (TPSA) is 76.1 Å². The van der Waals surface area contributed by atoms with Crippen molar-refractivity contribution in [3.05, 3.63) is 99.0 Å². The second kappa shape index (κ2) is 10.4. The van der Waals surface area contributed by atoms with Crippen molar-refractivity contribution in [2.75, 3.05) is 20.8 Å². The molecule has 1 unspecified atom stereocenters. The molecule has 35 heavy (non-hydrogen) atoms. The lowest BCUT2D eigenvalue weighted by molar-refractivity contribution is -0.139. The fourth-order valence-electron chi connectivity index (χ4n) is 4.23. The number of aliphatic hydroxyl groups is 1. The Balaban J connectivity index is 1.75. The number of nitrogens with zero attached hydrogens (tertiary/aromatic N) is 1. The van der Waals surface area contributed by atoms with Gasteiger partial charge in [0.15, 0.2) is 0 Å². The lowest BCUT2D eigenvalue weighted by Gasteiger charge is -2.25. The molecule has 3 aromatic rings. The number of hydrogen-bond donors (Lipinski definition) is 1. The second-order valence-electron chi connectivity index (χ2n) is 8.33. The predicted octanol–water partition coefficient (Wildman–Crippen LogP) is 5.44. The third-order valence-electron chi connectivity index (χ3n) is 6.20. The van der Waals surface area contributed by atoms with E-state index >= 15 is 0 Å². The molecule has 1 atom stereocenters. The standard InChI is InChI=1S/C28H26BrNO5/c1-17-16-20(8-13-23(17)29)26(31)24-25(19-6-11-22(35-3)12-7-19)30(28(33)27(24)32)15-14-18-4-9-21(34-2)10-5-18/h4-13,16,25,31H,14-15H2,1-3H3/b26-24-. The van der Waals surface area contributed by atoms with Gasteiger partial charge in [-0.2, -0.15) is 0 Å². The molecule has 180 valence electrons. The molecule has 3 aromatic carbocycles. The monoisotopic (exact) mass is 535 g/mol. The summed E-state index contributed by atoms with van der Waals surface area (Å²) >= 11 is 3.46. The second-order valence-corrected chi connectivity index (χ2v) is 9.18. The van der Waals surface area contributed by atoms with Crippen molar-refractivity contribution < 1.29 is 24.2 Å². The maximum Gasteiger partial charge on any atom is 0.295 e. The summed E-state index contributed by atoms with van der Waals surface area (Å²) in [5.41, 5.74) is 3.19. The Morgan fingerprint density at radius 2 is 1.54 bits per heavy atom. The molecular weight excluding hydrogens is 510 g/mol. The zero-order valence-corrected chi connectivity index (χ0v) is 21.3. The Hall–Kier alpha value is -3.58. The van der Waals surface area contributed by atoms with Gasteiger partial charge in [0.25, 0.3) is 11.7 Å². The van der Waals surface area contributed by atoms with Crippen LogP contribution >= 0.6 is 15.9 Å². The Morgan fingerprint density at radius 3 is 2.11 bits per heavy atom. The average molecular weight is 536 g/mol. The van der Waals surface area contributed by atoms with E-state index in [0.717, 1.165) is 26.9 Å². The molecule has 0 radical (unpaired) electrons. The predicted molar refractivity (Wildman–Crippen MR) is 138 cm³/mol. The Labute approximate surface area is 212 Å². The van der Waals surface area contributed by atoms with E-state index in [0.29, 0.717) is 24.3 Å². The van der Waals surface area contributed by atoms with Crippen LogP contribution in [0.15, 0.2) is 76.8 Å². The number of ether oxygens (including phenoxy) is 2. The van der Waals surface area contributed by atoms with Crippen LogP contribution in [0.4, 0.5) is 0 Å². The number of amides is 1. The van der Waals surface area contributed by atoms with Crippen LogP contribution in [0.3, 0.4) is 0 Å². The number of carbonyl (C=O) groups excluding carboxylic acids is 2. The number of hydrogen-bond acceptors (Lipinski definition) is 5. The minimum absolute atomic E-state index is 0.0802. The highest BCUT2D eigenvalue weighted by atomic mass is 79.9. The fourth-order valence-corrected chi connectivity index (χ4v) is 4.48. The molecule has 0 aliphatic carbocycles. The van der Waals surface area contributed by atoms with Crippen molar-refractivity contribution >= 4 is 33.4 Å². The molecular formula is C28H26BrNO5. The zero-order chi connectivity index (χ0) is 25.1. The molecule has 0 spiro atoms. The molecule has 6 nitrogen and oxygen atoms in total. The minimum atomic E-state index is -0.719. The number of benzene rings is 3. The van der Waals surface area contributed by atoms with Gasteiger partial charge in [-0.1, -0.05) is 46.3 Å². The summed E-state index contributed by atoms with van der Waals surface area (Å²) in [5, 5.41) is 11.2. The number of aryl methyl sites for hydroxylation is 1. The summed E-state index contributed by atoms with van der Waals surface area (Å²) in [7, 11) is 3.18. The van der Waals surface area contributed by atoms with Crippen molar-refractivity contribution in [3.63, 3.8) is 0 Å². The molecule has 1 saturated heterocycles. The van der Waals surface area contributed by atoms with Gasteiger partial charge in [-0.05, 0) is 66.4 Å². The molecule has 1 amide bonds. The van der Waals surface area contributed by atoms with Crippen molar-refractivity contribution in [1.82, 2.24) is 4.90 Å². The largest absolute Gasteiger partial charge is 0.507 e. The van der Waals surface area contributed by atoms with E-state index in [9.17, 15) is 14.7 Å². The number of aliphatic hydroxyl groups excluding tert-OH is 1. The molecule has 0 saturated carbocycles. The van der Waals surface area contributed by atoms with Gasteiger partial charge >= 0.3 is 0 Å². The molecule has 4 rings (SSSR count). The number of rotatable bonds is 7. The zero-order valence-electron chi connectivity index (χ0n) is 19.7. The van der Waals surface area contributed by atoms with Crippen molar-refractivity contribution in [1.29, 1.82) is 0 Å². The summed E-state index contributed by atoms with van der Waals surface area (Å²) in [6.07, 6.45) is 0.543. The molecule has 1 fully saturated rings. The molecule has 7 heteroatoms. The van der Waals surface area contributed by atoms with Gasteiger partial charge in [-0.25, -0.2) is 0 Å². The summed E-state index contributed by atoms with van der Waals surface area (Å²) in [6.45, 7) is 2.21. The van der Waals surface area contributed by atoms with Crippen LogP contribution in [0.25, 0.3) is 5.76 Å². The van der Waals surface area contributed by atoms with Gasteiger partial charge in [0, 0.05) is 16.6 Å². The third-order valence-corrected chi connectivity index (χ3v) is 7.09. The SMILES string of the molecule is COc1ccc(CCN2C(=O)C(=O)/C(=C(\O)c3ccc(Br)c(C)c3)C2c2ccc(OC)cc2)cc1. The highest BCUT2D eigenvalue weighted by molar-refractivity contribution is 9.10. The van der Waals surface area contributed by atoms with Crippen LogP contribution in [0, 0.1) is 6.92 Å². The normalized spacial score (nSPS) is 17.0. The third kappa shape index (κ3) is 4.95. The summed E-state index contributed by atoms with van der Waals surface area (Å²) in [6, 6.07) is 19.4. The Morgan fingerprint density at radius 1 is 0.943 bits per heavy atom. The smallest absolute Gasteiger partial charge is 0.295 e. The Bertz CT molecular complexity index is 1280. The average Bonchev–Trinajstić information content (AvgIpc) is 3.13. The van der Waals surface area contributed by atoms with E-state index in [4.69, 9.17) is 9.47 Å². The molecule has 1 aliphatic heterocycles. The van der Waals surface area contributed by atoms with Crippen LogP contribution in [0.5, 0.6) is 11.5 Å². The number of Topliss-reactive ketones (excluding diaryl/α,β-unsaturated/α-hetero) is 1. The van der Waals surface area contributed by atoms with Crippen LogP contribution in [-0.4, -0.2) is 42.5 Å². The van der Waals surface area contributed by atoms with Gasteiger partial charge in [-0.3, -0.25) is 9.59 Å². The first-order valence-electron chi connectivity index (χ1n) is 11.2. The number of likely N-dealkylation sites (tertiary alicyclic amines) is 1. The maximum atomic E-state index is 13.2. The van der Waals surface area contributed by atoms with E-state index in [2.05, 4.69) is 15.9 Å². The van der Waals surface area contributed by atoms with Crippen LogP contribution in [0.2, 0.25) is 0 Å². The Kier molecular flexibility index (Phi) is 7.26. The first-order valence-corrected chi connectivity index (χ1v) is 11.9. The van der Waals surface area contributed by atoms with Gasteiger partial charge in [0.05, 0.1) is 25.8 Å². The fraction of sp³-hybridized carbons (Fsp3) is 0.214. The van der Waals surface area contributed by atoms with E-state index in [1.165, 1.54) is 4.90 Å². The number of ketones is 1. The maximum absolute atomic E-state index is 13.2. The van der Waals surface area contributed by atoms with Gasteiger partial charge in [0.1, 0.15) is 17.3 Å². The van der Waals surface area contributed by atoms with Crippen molar-refractivity contribution in [2.24, 2.45) is 0 Å². The summed E-state index contributed by atoms with van der Waals surface area (Å²) in [4.78, 5) is 27.9. The van der Waals surface area contributed by atoms with E-state index in [-0.39, 0.29) is 11.3 Å². The molecule has 0 bridgehead atoms. The van der Waals surface area contributed by atoms with Gasteiger partial charge < -0.3 is 19.5 Å². The quantitative estimate of drug-likeness (QED) is 0.247. The summed E-state index contributed by atoms with van der Waals surface area (Å²) < 4.78 is 11.4. The molecule has 1 heterocycles. The van der Waals surface area contributed by atoms with Crippen LogP contribution in [0.1, 0.15) is 28.3 Å². The number of methoxy groups -OCH3 is 2. The molecule has 0 aromatic heterocycles. The van der Waals surface area contributed by atoms with E-state index in [1.807, 2.05) is 49.4 Å². The first kappa shape index (κ1) is 24.5. The molecule has 1 aliphatic rings. The number of halogens is 1. The highest BCUT2D eigenvalue weighted by Crippen LogP contribution is 2.40. The van der Waals surface area contributed by atoms with Gasteiger partial charge in [0.2, 0.25) is 0 Å². The van der Waals surface area contributed by atoms with E-state index in [1.54, 1.807) is 38.5 Å². The van der Waals surface area contributed by atoms with E-state index < -0.39 is 17.7 Å². The summed E-state index contributed by atoms with van der Waals surface area (Å²) in [5.74, 6) is -0.107. The minimum Gasteiger partial charge on any atom is -0.507 e. The van der Waals surface area contributed by atoms with Crippen LogP contribution < -0.4 is 9.47 Å². The highest BCUT2D eigenvalue weighted by Gasteiger charge is 2.45. The molecule has 1 N–H and O–H groups in total.